The SMILES string of the molecule is CNC(=O)c1ccc(-c2ccc3c(c2)CCN(C2CCC2)CC3)nc1. The Kier molecular flexibility index (Phi) is 4.53. The van der Waals surface area contributed by atoms with E-state index >= 15 is 0 Å². The quantitative estimate of drug-likeness (QED) is 0.938. The average molecular weight is 335 g/mol. The molecule has 0 radical (unpaired) electrons. The van der Waals surface area contributed by atoms with Gasteiger partial charge in [-0.1, -0.05) is 18.6 Å². The van der Waals surface area contributed by atoms with Gasteiger partial charge in [-0.25, -0.2) is 0 Å². The zero-order valence-corrected chi connectivity index (χ0v) is 14.8. The lowest BCUT2D eigenvalue weighted by Gasteiger charge is -2.36. The van der Waals surface area contributed by atoms with Gasteiger partial charge < -0.3 is 5.32 Å². The summed E-state index contributed by atoms with van der Waals surface area (Å²) >= 11 is 0. The number of amides is 1. The molecule has 0 atom stereocenters. The van der Waals surface area contributed by atoms with Crippen LogP contribution in [0.3, 0.4) is 0 Å². The van der Waals surface area contributed by atoms with Gasteiger partial charge in [0.2, 0.25) is 0 Å². The van der Waals surface area contributed by atoms with Crippen LogP contribution in [0.2, 0.25) is 0 Å². The molecule has 2 aromatic rings. The first-order valence-corrected chi connectivity index (χ1v) is 9.29. The highest BCUT2D eigenvalue weighted by atomic mass is 16.1. The van der Waals surface area contributed by atoms with Gasteiger partial charge in [0.25, 0.3) is 5.91 Å². The van der Waals surface area contributed by atoms with E-state index < -0.39 is 0 Å². The van der Waals surface area contributed by atoms with Crippen LogP contribution >= 0.6 is 0 Å². The predicted molar refractivity (Wildman–Crippen MR) is 99.7 cm³/mol. The van der Waals surface area contributed by atoms with Crippen molar-refractivity contribution in [2.24, 2.45) is 0 Å². The lowest BCUT2D eigenvalue weighted by atomic mass is 9.91. The highest BCUT2D eigenvalue weighted by molar-refractivity contribution is 5.93. The summed E-state index contributed by atoms with van der Waals surface area (Å²) in [6.45, 7) is 2.36. The van der Waals surface area contributed by atoms with Crippen molar-refractivity contribution < 1.29 is 4.79 Å². The predicted octanol–water partition coefficient (Wildman–Crippen LogP) is 3.06. The second kappa shape index (κ2) is 6.96. The first-order chi connectivity index (χ1) is 12.2. The maximum Gasteiger partial charge on any atom is 0.252 e. The summed E-state index contributed by atoms with van der Waals surface area (Å²) in [7, 11) is 1.63. The number of carbonyl (C=O) groups is 1. The standard InChI is InChI=1S/C21H25N3O/c1-22-21(25)18-7-8-20(23-14-18)17-6-5-15-9-11-24(19-3-2-4-19)12-10-16(15)13-17/h5-8,13-14,19H,2-4,9-12H2,1H3,(H,22,25). The van der Waals surface area contributed by atoms with Crippen molar-refractivity contribution >= 4 is 5.91 Å². The monoisotopic (exact) mass is 335 g/mol. The molecular formula is C21H25N3O. The molecule has 1 aromatic heterocycles. The minimum Gasteiger partial charge on any atom is -0.355 e. The molecule has 130 valence electrons. The Morgan fingerprint density at radius 3 is 2.56 bits per heavy atom. The average Bonchev–Trinajstić information content (AvgIpc) is 2.82. The van der Waals surface area contributed by atoms with Gasteiger partial charge in [-0.05, 0) is 55.0 Å². The highest BCUT2D eigenvalue weighted by Crippen LogP contribution is 2.29. The van der Waals surface area contributed by atoms with Gasteiger partial charge >= 0.3 is 0 Å². The van der Waals surface area contributed by atoms with E-state index in [0.29, 0.717) is 5.56 Å². The molecule has 1 aliphatic heterocycles. The molecule has 0 spiro atoms. The van der Waals surface area contributed by atoms with Gasteiger partial charge in [-0.3, -0.25) is 14.7 Å². The number of aromatic nitrogens is 1. The highest BCUT2D eigenvalue weighted by Gasteiger charge is 2.26. The van der Waals surface area contributed by atoms with Crippen molar-refractivity contribution in [3.8, 4) is 11.3 Å². The van der Waals surface area contributed by atoms with E-state index in [1.165, 1.54) is 43.5 Å². The number of nitrogens with one attached hydrogen (secondary N) is 1. The molecule has 1 saturated carbocycles. The Morgan fingerprint density at radius 2 is 1.92 bits per heavy atom. The summed E-state index contributed by atoms with van der Waals surface area (Å²) < 4.78 is 0. The van der Waals surface area contributed by atoms with Crippen molar-refractivity contribution in [2.75, 3.05) is 20.1 Å². The topological polar surface area (TPSA) is 45.2 Å². The van der Waals surface area contributed by atoms with Crippen LogP contribution in [0.4, 0.5) is 0 Å². The molecule has 25 heavy (non-hydrogen) atoms. The fourth-order valence-electron chi connectivity index (χ4n) is 3.86. The largest absolute Gasteiger partial charge is 0.355 e. The van der Waals surface area contributed by atoms with Gasteiger partial charge in [-0.2, -0.15) is 0 Å². The summed E-state index contributed by atoms with van der Waals surface area (Å²) in [5.41, 5.74) is 5.59. The van der Waals surface area contributed by atoms with Gasteiger partial charge in [0.05, 0.1) is 11.3 Å². The Balaban J connectivity index is 1.53. The molecule has 0 bridgehead atoms. The molecule has 4 rings (SSSR count). The molecule has 1 fully saturated rings. The third-order valence-electron chi connectivity index (χ3n) is 5.68. The van der Waals surface area contributed by atoms with Crippen LogP contribution < -0.4 is 5.32 Å². The van der Waals surface area contributed by atoms with E-state index in [-0.39, 0.29) is 5.91 Å². The van der Waals surface area contributed by atoms with E-state index in [0.717, 1.165) is 30.1 Å². The van der Waals surface area contributed by atoms with E-state index in [2.05, 4.69) is 33.4 Å². The first kappa shape index (κ1) is 16.3. The third kappa shape index (κ3) is 3.31. The Morgan fingerprint density at radius 1 is 1.12 bits per heavy atom. The Bertz CT molecular complexity index is 765. The lowest BCUT2D eigenvalue weighted by molar-refractivity contribution is 0.0963. The van der Waals surface area contributed by atoms with Crippen molar-refractivity contribution in [1.29, 1.82) is 0 Å². The third-order valence-corrected chi connectivity index (χ3v) is 5.68. The smallest absolute Gasteiger partial charge is 0.252 e. The number of hydrogen-bond donors (Lipinski definition) is 1. The summed E-state index contributed by atoms with van der Waals surface area (Å²) in [5, 5.41) is 2.63. The fraction of sp³-hybridized carbons (Fsp3) is 0.429. The van der Waals surface area contributed by atoms with Crippen LogP contribution in [0.25, 0.3) is 11.3 Å². The molecule has 1 N–H and O–H groups in total. The van der Waals surface area contributed by atoms with Gasteiger partial charge in [0.1, 0.15) is 0 Å². The minimum atomic E-state index is -0.0999. The molecule has 4 nitrogen and oxygen atoms in total. The van der Waals surface area contributed by atoms with Crippen LogP contribution in [0, 0.1) is 0 Å². The summed E-state index contributed by atoms with van der Waals surface area (Å²) in [6.07, 6.45) is 8.08. The number of fused-ring (bicyclic) bond motifs is 1. The van der Waals surface area contributed by atoms with Crippen molar-refractivity contribution in [3.63, 3.8) is 0 Å². The van der Waals surface area contributed by atoms with E-state index in [1.54, 1.807) is 13.2 Å². The maximum absolute atomic E-state index is 11.7. The van der Waals surface area contributed by atoms with Crippen molar-refractivity contribution in [3.05, 3.63) is 53.2 Å². The molecule has 1 aliphatic carbocycles. The van der Waals surface area contributed by atoms with Crippen molar-refractivity contribution in [2.45, 2.75) is 38.1 Å². The summed E-state index contributed by atoms with van der Waals surface area (Å²) in [6, 6.07) is 11.3. The lowest BCUT2D eigenvalue weighted by Crippen LogP contribution is -2.41. The molecule has 2 heterocycles. The fourth-order valence-corrected chi connectivity index (χ4v) is 3.86. The number of carbonyl (C=O) groups excluding carboxylic acids is 1. The Hall–Kier alpha value is -2.20. The zero-order valence-electron chi connectivity index (χ0n) is 14.8. The number of nitrogens with zero attached hydrogens (tertiary/aromatic N) is 2. The second-order valence-electron chi connectivity index (χ2n) is 7.12. The molecule has 1 amide bonds. The zero-order chi connectivity index (χ0) is 17.2. The molecule has 2 aliphatic rings. The van der Waals surface area contributed by atoms with Gasteiger partial charge in [-0.15, -0.1) is 0 Å². The molecular weight excluding hydrogens is 310 g/mol. The number of pyridine rings is 1. The van der Waals surface area contributed by atoms with Crippen LogP contribution in [-0.4, -0.2) is 42.0 Å². The van der Waals surface area contributed by atoms with Gasteiger partial charge in [0, 0.05) is 37.9 Å². The summed E-state index contributed by atoms with van der Waals surface area (Å²) in [5.74, 6) is -0.0999. The van der Waals surface area contributed by atoms with Crippen LogP contribution in [0.1, 0.15) is 40.7 Å². The second-order valence-corrected chi connectivity index (χ2v) is 7.12. The molecule has 4 heteroatoms. The summed E-state index contributed by atoms with van der Waals surface area (Å²) in [4.78, 5) is 18.8. The van der Waals surface area contributed by atoms with Crippen molar-refractivity contribution in [1.82, 2.24) is 15.2 Å². The minimum absolute atomic E-state index is 0.0999. The number of benzene rings is 1. The molecule has 1 aromatic carbocycles. The van der Waals surface area contributed by atoms with Gasteiger partial charge in [0.15, 0.2) is 0 Å². The van der Waals surface area contributed by atoms with Crippen LogP contribution in [0.5, 0.6) is 0 Å². The van der Waals surface area contributed by atoms with E-state index in [9.17, 15) is 4.79 Å². The normalized spacial score (nSPS) is 18.1. The van der Waals surface area contributed by atoms with E-state index in [1.807, 2.05) is 12.1 Å². The van der Waals surface area contributed by atoms with Crippen LogP contribution in [-0.2, 0) is 12.8 Å². The number of hydrogen-bond acceptors (Lipinski definition) is 3. The van der Waals surface area contributed by atoms with Crippen LogP contribution in [0.15, 0.2) is 36.5 Å². The van der Waals surface area contributed by atoms with E-state index in [4.69, 9.17) is 0 Å². The molecule has 0 unspecified atom stereocenters. The number of rotatable bonds is 3. The first-order valence-electron chi connectivity index (χ1n) is 9.29. The maximum atomic E-state index is 11.7. The Labute approximate surface area is 149 Å². The molecule has 0 saturated heterocycles.